The van der Waals surface area contributed by atoms with Gasteiger partial charge in [-0.3, -0.25) is 9.69 Å². The topological polar surface area (TPSA) is 66.8 Å². The molecule has 0 bridgehead atoms. The van der Waals surface area contributed by atoms with E-state index in [1.165, 1.54) is 16.7 Å². The maximum atomic E-state index is 11.1. The SMILES string of the molecule is O=C(O)OC1CSCN1C(=O)CCl. The van der Waals surface area contributed by atoms with Gasteiger partial charge in [0.05, 0.1) is 11.6 Å². The summed E-state index contributed by atoms with van der Waals surface area (Å²) < 4.78 is 4.49. The zero-order valence-electron chi connectivity index (χ0n) is 6.60. The molecule has 5 nitrogen and oxygen atoms in total. The van der Waals surface area contributed by atoms with Gasteiger partial charge in [0.1, 0.15) is 5.88 Å². The lowest BCUT2D eigenvalue weighted by atomic mass is 10.5. The highest BCUT2D eigenvalue weighted by atomic mass is 35.5. The second-order valence-electron chi connectivity index (χ2n) is 2.34. The Labute approximate surface area is 84.0 Å². The number of rotatable bonds is 2. The lowest BCUT2D eigenvalue weighted by molar-refractivity contribution is -0.135. The van der Waals surface area contributed by atoms with Gasteiger partial charge < -0.3 is 9.84 Å². The molecule has 1 heterocycles. The van der Waals surface area contributed by atoms with Crippen molar-refractivity contribution in [2.45, 2.75) is 6.23 Å². The number of ether oxygens (including phenoxy) is 1. The molecule has 1 rings (SSSR count). The summed E-state index contributed by atoms with van der Waals surface area (Å²) in [6.45, 7) is 0. The number of amides is 1. The van der Waals surface area contributed by atoms with Gasteiger partial charge in [-0.2, -0.15) is 0 Å². The zero-order chi connectivity index (χ0) is 9.84. The summed E-state index contributed by atoms with van der Waals surface area (Å²) >= 11 is 6.76. The van der Waals surface area contributed by atoms with E-state index in [0.717, 1.165) is 0 Å². The molecule has 74 valence electrons. The standard InChI is InChI=1S/C6H8ClNO4S/c7-1-4(9)8-3-13-2-5(8)12-6(10)11/h5H,1-3H2,(H,10,11). The summed E-state index contributed by atoms with van der Waals surface area (Å²) in [7, 11) is 0. The highest BCUT2D eigenvalue weighted by Crippen LogP contribution is 2.21. The van der Waals surface area contributed by atoms with E-state index in [0.29, 0.717) is 11.6 Å². The van der Waals surface area contributed by atoms with Gasteiger partial charge in [-0.25, -0.2) is 4.79 Å². The second kappa shape index (κ2) is 4.57. The molecule has 0 saturated carbocycles. The van der Waals surface area contributed by atoms with Crippen molar-refractivity contribution in [3.63, 3.8) is 0 Å². The third kappa shape index (κ3) is 2.67. The first-order chi connectivity index (χ1) is 6.15. The van der Waals surface area contributed by atoms with Gasteiger partial charge in [-0.15, -0.1) is 23.4 Å². The molecule has 0 aromatic rings. The molecule has 7 heteroatoms. The first-order valence-electron chi connectivity index (χ1n) is 3.48. The van der Waals surface area contributed by atoms with Crippen molar-refractivity contribution < 1.29 is 19.4 Å². The number of hydrogen-bond donors (Lipinski definition) is 1. The van der Waals surface area contributed by atoms with Crippen LogP contribution in [0.4, 0.5) is 4.79 Å². The maximum Gasteiger partial charge on any atom is 0.507 e. The van der Waals surface area contributed by atoms with Crippen LogP contribution in [0.15, 0.2) is 0 Å². The Bertz CT molecular complexity index is 225. The first-order valence-corrected chi connectivity index (χ1v) is 5.17. The third-order valence-electron chi connectivity index (χ3n) is 1.51. The van der Waals surface area contributed by atoms with Crippen LogP contribution in [0.25, 0.3) is 0 Å². The van der Waals surface area contributed by atoms with Crippen LogP contribution in [0.5, 0.6) is 0 Å². The molecular weight excluding hydrogens is 218 g/mol. The summed E-state index contributed by atoms with van der Waals surface area (Å²) in [6.07, 6.45) is -2.06. The van der Waals surface area contributed by atoms with Crippen LogP contribution in [0.2, 0.25) is 0 Å². The number of thioether (sulfide) groups is 1. The van der Waals surface area contributed by atoms with E-state index in [9.17, 15) is 9.59 Å². The molecule has 1 N–H and O–H groups in total. The monoisotopic (exact) mass is 225 g/mol. The molecule has 1 saturated heterocycles. The molecule has 1 amide bonds. The molecule has 1 aliphatic heterocycles. The molecule has 1 atom stereocenters. The number of alkyl halides is 1. The highest BCUT2D eigenvalue weighted by molar-refractivity contribution is 7.99. The predicted octanol–water partition coefficient (Wildman–Crippen LogP) is 0.779. The molecule has 0 aliphatic carbocycles. The molecule has 0 aromatic carbocycles. The van der Waals surface area contributed by atoms with E-state index >= 15 is 0 Å². The predicted molar refractivity (Wildman–Crippen MR) is 47.8 cm³/mol. The minimum Gasteiger partial charge on any atom is -0.450 e. The Balaban J connectivity index is 2.53. The van der Waals surface area contributed by atoms with Gasteiger partial charge in [0.15, 0.2) is 6.23 Å². The van der Waals surface area contributed by atoms with Crippen LogP contribution < -0.4 is 0 Å². The van der Waals surface area contributed by atoms with E-state index in [2.05, 4.69) is 4.74 Å². The molecule has 0 radical (unpaired) electrons. The minimum absolute atomic E-state index is 0.153. The van der Waals surface area contributed by atoms with Crippen molar-refractivity contribution >= 4 is 35.4 Å². The van der Waals surface area contributed by atoms with Crippen molar-refractivity contribution in [3.8, 4) is 0 Å². The highest BCUT2D eigenvalue weighted by Gasteiger charge is 2.31. The largest absolute Gasteiger partial charge is 0.507 e. The lowest BCUT2D eigenvalue weighted by Crippen LogP contribution is -2.40. The smallest absolute Gasteiger partial charge is 0.450 e. The van der Waals surface area contributed by atoms with E-state index in [1.54, 1.807) is 0 Å². The molecule has 1 unspecified atom stereocenters. The zero-order valence-corrected chi connectivity index (χ0v) is 8.18. The van der Waals surface area contributed by atoms with E-state index in [1.807, 2.05) is 0 Å². The summed E-state index contributed by atoms with van der Waals surface area (Å²) in [6, 6.07) is 0. The molecule has 13 heavy (non-hydrogen) atoms. The molecule has 0 spiro atoms. The quantitative estimate of drug-likeness (QED) is 0.556. The average Bonchev–Trinajstić information content (AvgIpc) is 2.50. The van der Waals surface area contributed by atoms with Crippen LogP contribution in [0.1, 0.15) is 0 Å². The van der Waals surface area contributed by atoms with Crippen LogP contribution in [-0.4, -0.2) is 45.8 Å². The van der Waals surface area contributed by atoms with Crippen LogP contribution >= 0.6 is 23.4 Å². The van der Waals surface area contributed by atoms with E-state index in [4.69, 9.17) is 16.7 Å². The normalized spacial score (nSPS) is 21.6. The van der Waals surface area contributed by atoms with Gasteiger partial charge >= 0.3 is 6.16 Å². The summed E-state index contributed by atoms with van der Waals surface area (Å²) in [4.78, 5) is 22.6. The molecule has 1 fully saturated rings. The Morgan fingerprint density at radius 1 is 1.69 bits per heavy atom. The molecule has 1 aliphatic rings. The fourth-order valence-corrected chi connectivity index (χ4v) is 2.16. The van der Waals surface area contributed by atoms with Crippen molar-refractivity contribution in [3.05, 3.63) is 0 Å². The number of hydrogen-bond acceptors (Lipinski definition) is 4. The number of nitrogens with zero attached hydrogens (tertiary/aromatic N) is 1. The lowest BCUT2D eigenvalue weighted by Gasteiger charge is -2.20. The van der Waals surface area contributed by atoms with E-state index < -0.39 is 12.4 Å². The fourth-order valence-electron chi connectivity index (χ4n) is 0.948. The van der Waals surface area contributed by atoms with Gasteiger partial charge in [-0.05, 0) is 0 Å². The van der Waals surface area contributed by atoms with Crippen molar-refractivity contribution in [1.82, 2.24) is 4.90 Å². The van der Waals surface area contributed by atoms with E-state index in [-0.39, 0.29) is 11.8 Å². The van der Waals surface area contributed by atoms with Gasteiger partial charge in [0.25, 0.3) is 0 Å². The Morgan fingerprint density at radius 3 is 2.92 bits per heavy atom. The van der Waals surface area contributed by atoms with Crippen molar-refractivity contribution in [1.29, 1.82) is 0 Å². The number of halogens is 1. The molecule has 0 aromatic heterocycles. The summed E-state index contributed by atoms with van der Waals surface area (Å²) in [5.74, 6) is 0.441. The van der Waals surface area contributed by atoms with Gasteiger partial charge in [0.2, 0.25) is 5.91 Å². The van der Waals surface area contributed by atoms with Gasteiger partial charge in [0, 0.05) is 0 Å². The number of carboxylic acid groups (broad SMARTS) is 1. The second-order valence-corrected chi connectivity index (χ2v) is 3.60. The van der Waals surface area contributed by atoms with Crippen LogP contribution in [-0.2, 0) is 9.53 Å². The number of carbonyl (C=O) groups excluding carboxylic acids is 1. The van der Waals surface area contributed by atoms with Crippen LogP contribution in [0.3, 0.4) is 0 Å². The molecular formula is C6H8ClNO4S. The Hall–Kier alpha value is -0.620. The number of carbonyl (C=O) groups is 2. The van der Waals surface area contributed by atoms with Crippen LogP contribution in [0, 0.1) is 0 Å². The fraction of sp³-hybridized carbons (Fsp3) is 0.667. The summed E-state index contributed by atoms with van der Waals surface area (Å²) in [5, 5.41) is 8.34. The van der Waals surface area contributed by atoms with Gasteiger partial charge in [-0.1, -0.05) is 0 Å². The van der Waals surface area contributed by atoms with Crippen molar-refractivity contribution in [2.24, 2.45) is 0 Å². The third-order valence-corrected chi connectivity index (χ3v) is 2.72. The maximum absolute atomic E-state index is 11.1. The summed E-state index contributed by atoms with van der Waals surface area (Å²) in [5.41, 5.74) is 0. The minimum atomic E-state index is -1.38. The Kier molecular flexibility index (Phi) is 3.68. The van der Waals surface area contributed by atoms with Crippen molar-refractivity contribution in [2.75, 3.05) is 17.5 Å². The first kappa shape index (κ1) is 10.5. The Morgan fingerprint density at radius 2 is 2.38 bits per heavy atom. The average molecular weight is 226 g/mol.